The Hall–Kier alpha value is -1.59. The zero-order valence-electron chi connectivity index (χ0n) is 13.4. The molecule has 0 fully saturated rings. The second kappa shape index (κ2) is 9.37. The van der Waals surface area contributed by atoms with Gasteiger partial charge in [-0.1, -0.05) is 42.4 Å². The van der Waals surface area contributed by atoms with Gasteiger partial charge >= 0.3 is 0 Å². The van der Waals surface area contributed by atoms with E-state index >= 15 is 0 Å². The first kappa shape index (κ1) is 17.5. The van der Waals surface area contributed by atoms with Gasteiger partial charge in [-0.05, 0) is 32.6 Å². The topological polar surface area (TPSA) is 65.1 Å². The van der Waals surface area contributed by atoms with Gasteiger partial charge in [-0.3, -0.25) is 0 Å². The number of rotatable bonds is 9. The van der Waals surface area contributed by atoms with Crippen LogP contribution < -0.4 is 5.73 Å². The molecule has 1 aromatic rings. The van der Waals surface area contributed by atoms with Crippen LogP contribution in [0.3, 0.4) is 0 Å². The SMILES string of the molecule is CCCN(CCN(C)C)CC(C(N)=NO)c1ccccc1. The van der Waals surface area contributed by atoms with Gasteiger partial charge in [0.15, 0.2) is 0 Å². The Morgan fingerprint density at radius 2 is 1.86 bits per heavy atom. The Bertz CT molecular complexity index is 420. The molecule has 0 aliphatic rings. The van der Waals surface area contributed by atoms with Crippen molar-refractivity contribution in [3.8, 4) is 0 Å². The van der Waals surface area contributed by atoms with Gasteiger partial charge in [-0.2, -0.15) is 0 Å². The van der Waals surface area contributed by atoms with E-state index in [9.17, 15) is 0 Å². The highest BCUT2D eigenvalue weighted by Crippen LogP contribution is 2.17. The number of oxime groups is 1. The number of nitrogens with two attached hydrogens (primary N) is 1. The first-order valence-electron chi connectivity index (χ1n) is 7.48. The Balaban J connectivity index is 2.82. The molecule has 0 spiro atoms. The van der Waals surface area contributed by atoms with E-state index in [2.05, 4.69) is 36.0 Å². The molecule has 0 radical (unpaired) electrons. The van der Waals surface area contributed by atoms with Crippen molar-refractivity contribution < 1.29 is 5.21 Å². The quantitative estimate of drug-likeness (QED) is 0.315. The predicted octanol–water partition coefficient (Wildman–Crippen LogP) is 1.79. The number of hydrogen-bond acceptors (Lipinski definition) is 4. The molecule has 0 saturated heterocycles. The van der Waals surface area contributed by atoms with Crippen LogP contribution in [0.2, 0.25) is 0 Å². The maximum atomic E-state index is 9.06. The standard InChI is InChI=1S/C16H28N4O/c1-4-10-20(12-11-19(2)3)13-15(16(17)18-21)14-8-6-5-7-9-14/h5-9,15,21H,4,10-13H2,1-3H3,(H2,17,18). The zero-order valence-corrected chi connectivity index (χ0v) is 13.4. The van der Waals surface area contributed by atoms with Gasteiger partial charge < -0.3 is 20.7 Å². The Morgan fingerprint density at radius 1 is 1.19 bits per heavy atom. The minimum absolute atomic E-state index is 0.0788. The first-order valence-corrected chi connectivity index (χ1v) is 7.48. The van der Waals surface area contributed by atoms with Crippen LogP contribution >= 0.6 is 0 Å². The van der Waals surface area contributed by atoms with E-state index in [0.717, 1.165) is 38.2 Å². The molecule has 0 aliphatic carbocycles. The van der Waals surface area contributed by atoms with Crippen molar-refractivity contribution in [2.45, 2.75) is 19.3 Å². The fourth-order valence-electron chi connectivity index (χ4n) is 2.33. The lowest BCUT2D eigenvalue weighted by Crippen LogP contribution is -2.39. The van der Waals surface area contributed by atoms with Crippen molar-refractivity contribution in [2.24, 2.45) is 10.9 Å². The van der Waals surface area contributed by atoms with Crippen molar-refractivity contribution in [1.29, 1.82) is 0 Å². The molecule has 21 heavy (non-hydrogen) atoms. The predicted molar refractivity (Wildman–Crippen MR) is 87.9 cm³/mol. The summed E-state index contributed by atoms with van der Waals surface area (Å²) in [4.78, 5) is 4.54. The van der Waals surface area contributed by atoms with Crippen LogP contribution in [0.1, 0.15) is 24.8 Å². The summed E-state index contributed by atoms with van der Waals surface area (Å²) in [6.45, 7) is 5.92. The van der Waals surface area contributed by atoms with Crippen molar-refractivity contribution in [2.75, 3.05) is 40.3 Å². The second-order valence-electron chi connectivity index (χ2n) is 5.59. The van der Waals surface area contributed by atoms with Gasteiger partial charge in [0.05, 0.1) is 5.92 Å². The molecule has 1 rings (SSSR count). The fourth-order valence-corrected chi connectivity index (χ4v) is 2.33. The van der Waals surface area contributed by atoms with Crippen molar-refractivity contribution in [3.63, 3.8) is 0 Å². The van der Waals surface area contributed by atoms with E-state index in [1.807, 2.05) is 30.3 Å². The molecule has 118 valence electrons. The van der Waals surface area contributed by atoms with Crippen molar-refractivity contribution in [1.82, 2.24) is 9.80 Å². The zero-order chi connectivity index (χ0) is 15.7. The molecule has 5 heteroatoms. The van der Waals surface area contributed by atoms with E-state index in [0.29, 0.717) is 0 Å². The Kier molecular flexibility index (Phi) is 7.79. The van der Waals surface area contributed by atoms with E-state index in [1.165, 1.54) is 0 Å². The second-order valence-corrected chi connectivity index (χ2v) is 5.59. The highest BCUT2D eigenvalue weighted by molar-refractivity contribution is 5.87. The molecular weight excluding hydrogens is 264 g/mol. The van der Waals surface area contributed by atoms with Crippen LogP contribution in [-0.4, -0.2) is 61.1 Å². The summed E-state index contributed by atoms with van der Waals surface area (Å²) in [6.07, 6.45) is 1.09. The minimum Gasteiger partial charge on any atom is -0.409 e. The summed E-state index contributed by atoms with van der Waals surface area (Å²) in [5.41, 5.74) is 6.99. The molecule has 1 atom stereocenters. The maximum absolute atomic E-state index is 9.06. The number of hydrogen-bond donors (Lipinski definition) is 2. The third-order valence-electron chi connectivity index (χ3n) is 3.52. The number of benzene rings is 1. The van der Waals surface area contributed by atoms with Gasteiger partial charge in [-0.15, -0.1) is 0 Å². The molecule has 0 amide bonds. The lowest BCUT2D eigenvalue weighted by atomic mass is 9.97. The summed E-state index contributed by atoms with van der Waals surface area (Å²) in [6, 6.07) is 9.99. The minimum atomic E-state index is -0.0788. The Morgan fingerprint density at radius 3 is 2.38 bits per heavy atom. The van der Waals surface area contributed by atoms with E-state index in [-0.39, 0.29) is 11.8 Å². The summed E-state index contributed by atoms with van der Waals surface area (Å²) in [7, 11) is 4.14. The summed E-state index contributed by atoms with van der Waals surface area (Å²) in [5, 5.41) is 12.3. The monoisotopic (exact) mass is 292 g/mol. The van der Waals surface area contributed by atoms with Crippen molar-refractivity contribution >= 4 is 5.84 Å². The van der Waals surface area contributed by atoms with Gasteiger partial charge in [0.1, 0.15) is 5.84 Å². The molecule has 0 aromatic heterocycles. The third kappa shape index (κ3) is 6.14. The average Bonchev–Trinajstić information content (AvgIpc) is 2.50. The van der Waals surface area contributed by atoms with Crippen LogP contribution in [0, 0.1) is 0 Å². The number of amidine groups is 1. The van der Waals surface area contributed by atoms with Crippen molar-refractivity contribution in [3.05, 3.63) is 35.9 Å². The third-order valence-corrected chi connectivity index (χ3v) is 3.52. The molecule has 1 unspecified atom stereocenters. The largest absolute Gasteiger partial charge is 0.409 e. The Labute approximate surface area is 128 Å². The molecular formula is C16H28N4O. The fraction of sp³-hybridized carbons (Fsp3) is 0.562. The normalized spacial score (nSPS) is 13.9. The molecule has 0 aliphatic heterocycles. The highest BCUT2D eigenvalue weighted by atomic mass is 16.4. The van der Waals surface area contributed by atoms with Gasteiger partial charge in [0.2, 0.25) is 0 Å². The summed E-state index contributed by atoms with van der Waals surface area (Å²) in [5.74, 6) is 0.192. The van der Waals surface area contributed by atoms with E-state index in [4.69, 9.17) is 10.9 Å². The molecule has 0 saturated carbocycles. The molecule has 0 bridgehead atoms. The van der Waals surface area contributed by atoms with Gasteiger partial charge in [0.25, 0.3) is 0 Å². The van der Waals surface area contributed by atoms with E-state index < -0.39 is 0 Å². The van der Waals surface area contributed by atoms with E-state index in [1.54, 1.807) is 0 Å². The van der Waals surface area contributed by atoms with Crippen LogP contribution in [0.5, 0.6) is 0 Å². The van der Waals surface area contributed by atoms with Crippen LogP contribution in [0.4, 0.5) is 0 Å². The van der Waals surface area contributed by atoms with Gasteiger partial charge in [0, 0.05) is 19.6 Å². The molecule has 5 nitrogen and oxygen atoms in total. The molecule has 3 N–H and O–H groups in total. The molecule has 1 aromatic carbocycles. The lowest BCUT2D eigenvalue weighted by molar-refractivity contribution is 0.237. The average molecular weight is 292 g/mol. The first-order chi connectivity index (χ1) is 10.1. The highest BCUT2D eigenvalue weighted by Gasteiger charge is 2.20. The van der Waals surface area contributed by atoms with Crippen LogP contribution in [-0.2, 0) is 0 Å². The molecule has 0 heterocycles. The summed E-state index contributed by atoms with van der Waals surface area (Å²) >= 11 is 0. The smallest absolute Gasteiger partial charge is 0.147 e. The van der Waals surface area contributed by atoms with Gasteiger partial charge in [-0.25, -0.2) is 0 Å². The van der Waals surface area contributed by atoms with Crippen LogP contribution in [0.15, 0.2) is 35.5 Å². The lowest BCUT2D eigenvalue weighted by Gasteiger charge is -2.28. The number of likely N-dealkylation sites (N-methyl/N-ethyl adjacent to an activating group) is 1. The number of nitrogens with zero attached hydrogens (tertiary/aromatic N) is 3. The maximum Gasteiger partial charge on any atom is 0.147 e. The van der Waals surface area contributed by atoms with Crippen LogP contribution in [0.25, 0.3) is 0 Å². The summed E-state index contributed by atoms with van der Waals surface area (Å²) < 4.78 is 0.